The van der Waals surface area contributed by atoms with E-state index in [1.54, 1.807) is 38.5 Å². The maximum Gasteiger partial charge on any atom is 0.337 e. The molecule has 0 bridgehead atoms. The summed E-state index contributed by atoms with van der Waals surface area (Å²) in [6.45, 7) is 4.27. The number of rotatable bonds is 12. The van der Waals surface area contributed by atoms with Crippen molar-refractivity contribution in [1.29, 1.82) is 0 Å². The van der Waals surface area contributed by atoms with Crippen LogP contribution in [0.2, 0.25) is 0 Å². The van der Waals surface area contributed by atoms with Gasteiger partial charge in [-0.25, -0.2) is 14.6 Å². The summed E-state index contributed by atoms with van der Waals surface area (Å²) in [4.78, 5) is 41.7. The molecule has 0 saturated carbocycles. The van der Waals surface area contributed by atoms with E-state index in [0.717, 1.165) is 11.1 Å². The van der Waals surface area contributed by atoms with Crippen LogP contribution in [0.5, 0.6) is 0 Å². The molecule has 2 heterocycles. The number of allylic oxidation sites excluding steroid dienone is 2. The Balaban J connectivity index is 1.52. The fourth-order valence-corrected chi connectivity index (χ4v) is 4.69. The topological polar surface area (TPSA) is 135 Å². The molecule has 1 N–H and O–H groups in total. The van der Waals surface area contributed by atoms with Gasteiger partial charge >= 0.3 is 11.9 Å². The van der Waals surface area contributed by atoms with Gasteiger partial charge in [-0.15, -0.1) is 0 Å². The van der Waals surface area contributed by atoms with Crippen molar-refractivity contribution in [2.45, 2.75) is 26.3 Å². The molecule has 0 radical (unpaired) electrons. The predicted octanol–water partition coefficient (Wildman–Crippen LogP) is 4.52. The summed E-state index contributed by atoms with van der Waals surface area (Å²) in [5, 5.41) is 14.6. The molecule has 218 valence electrons. The second kappa shape index (κ2) is 14.0. The number of nitrogens with zero attached hydrogens (tertiary/aromatic N) is 3. The number of carbonyl (C=O) groups is 2. The van der Waals surface area contributed by atoms with Gasteiger partial charge in [0.1, 0.15) is 13.2 Å². The molecule has 1 aliphatic heterocycles. The first kappa shape index (κ1) is 29.9. The van der Waals surface area contributed by atoms with E-state index in [9.17, 15) is 19.7 Å². The molecule has 1 unspecified atom stereocenters. The number of nitro benzene ring substituents is 1. The Labute approximate surface area is 243 Å². The summed E-state index contributed by atoms with van der Waals surface area (Å²) in [7, 11) is 1.49. The molecule has 0 fully saturated rings. The molecular weight excluding hydrogens is 540 g/mol. The van der Waals surface area contributed by atoms with Gasteiger partial charge in [-0.3, -0.25) is 10.1 Å². The Morgan fingerprint density at radius 3 is 2.40 bits per heavy atom. The third-order valence-electron chi connectivity index (χ3n) is 6.66. The summed E-state index contributed by atoms with van der Waals surface area (Å²) < 4.78 is 17.9. The van der Waals surface area contributed by atoms with Crippen LogP contribution < -0.4 is 5.32 Å². The molecule has 1 aliphatic rings. The highest BCUT2D eigenvalue weighted by atomic mass is 16.6. The van der Waals surface area contributed by atoms with Crippen LogP contribution in [0.3, 0.4) is 0 Å². The molecule has 0 saturated heterocycles. The number of non-ortho nitro benzene ring substituents is 1. The number of ether oxygens (including phenoxy) is 3. The van der Waals surface area contributed by atoms with Crippen LogP contribution in [0.1, 0.15) is 36.5 Å². The second-order valence-electron chi connectivity index (χ2n) is 9.59. The Hall–Kier alpha value is -5.03. The highest BCUT2D eigenvalue weighted by molar-refractivity contribution is 6.00. The minimum atomic E-state index is -0.944. The van der Waals surface area contributed by atoms with Crippen LogP contribution in [0.25, 0.3) is 6.08 Å². The van der Waals surface area contributed by atoms with Crippen molar-refractivity contribution in [3.05, 3.63) is 123 Å². The number of nitrogens with one attached hydrogen (secondary N) is 1. The second-order valence-corrected chi connectivity index (χ2v) is 9.59. The van der Waals surface area contributed by atoms with Crippen LogP contribution >= 0.6 is 0 Å². The first-order valence-electron chi connectivity index (χ1n) is 13.3. The van der Waals surface area contributed by atoms with E-state index in [1.165, 1.54) is 25.3 Å². The largest absolute Gasteiger partial charge is 0.460 e. The van der Waals surface area contributed by atoms with E-state index >= 15 is 0 Å². The lowest BCUT2D eigenvalue weighted by Crippen LogP contribution is -2.32. The molecule has 3 aromatic rings. The minimum absolute atomic E-state index is 0.00554. The van der Waals surface area contributed by atoms with E-state index in [0.29, 0.717) is 23.5 Å². The summed E-state index contributed by atoms with van der Waals surface area (Å²) >= 11 is 0. The molecule has 11 nitrogen and oxygen atoms in total. The average molecular weight is 573 g/mol. The molecule has 0 aliphatic carbocycles. The molecule has 1 aromatic heterocycles. The molecule has 1 atom stereocenters. The third-order valence-corrected chi connectivity index (χ3v) is 6.66. The number of dihydropyridines is 1. The van der Waals surface area contributed by atoms with Crippen molar-refractivity contribution in [2.75, 3.05) is 26.9 Å². The number of imidazole rings is 1. The maximum atomic E-state index is 13.5. The van der Waals surface area contributed by atoms with E-state index in [-0.39, 0.29) is 36.7 Å². The quantitative estimate of drug-likeness (QED) is 0.144. The summed E-state index contributed by atoms with van der Waals surface area (Å²) in [5.41, 5.74) is 3.55. The summed E-state index contributed by atoms with van der Waals surface area (Å²) in [6, 6.07) is 13.8. The van der Waals surface area contributed by atoms with E-state index in [1.807, 2.05) is 41.1 Å². The molecule has 2 aromatic carbocycles. The summed E-state index contributed by atoms with van der Waals surface area (Å²) in [6.07, 6.45) is 8.95. The van der Waals surface area contributed by atoms with Crippen LogP contribution in [-0.2, 0) is 30.3 Å². The number of hydrogen-bond acceptors (Lipinski definition) is 9. The van der Waals surface area contributed by atoms with Gasteiger partial charge in [0.15, 0.2) is 0 Å². The zero-order valence-corrected chi connectivity index (χ0v) is 23.6. The maximum absolute atomic E-state index is 13.5. The Kier molecular flexibility index (Phi) is 10.0. The number of esters is 2. The minimum Gasteiger partial charge on any atom is -0.460 e. The normalized spacial score (nSPS) is 15.1. The number of benzene rings is 2. The van der Waals surface area contributed by atoms with Crippen LogP contribution in [-0.4, -0.2) is 53.3 Å². The van der Waals surface area contributed by atoms with Gasteiger partial charge in [0, 0.05) is 49.6 Å². The molecule has 42 heavy (non-hydrogen) atoms. The first-order valence-corrected chi connectivity index (χ1v) is 13.3. The number of aromatic nitrogens is 2. The molecule has 4 rings (SSSR count). The molecular formula is C31H32N4O7. The molecule has 0 spiro atoms. The monoisotopic (exact) mass is 572 g/mol. The van der Waals surface area contributed by atoms with Crippen molar-refractivity contribution < 1.29 is 28.7 Å². The zero-order chi connectivity index (χ0) is 30.1. The number of hydrogen-bond donors (Lipinski definition) is 1. The standard InChI is InChI=1S/C31H32N4O7/c1-21-27(30(36)41-15-5-6-23-9-11-24(12-10-23)19-34-14-13-32-20-34)29(25-7-4-8-26(18-25)35(38)39)28(22(2)33-21)31(37)42-17-16-40-3/h4-14,18,20,29,33H,15-17,19H2,1-3H3. The van der Waals surface area contributed by atoms with Gasteiger partial charge < -0.3 is 24.1 Å². The van der Waals surface area contributed by atoms with Crippen LogP contribution in [0.15, 0.2) is 95.9 Å². The van der Waals surface area contributed by atoms with E-state index in [4.69, 9.17) is 14.2 Å². The van der Waals surface area contributed by atoms with Crippen molar-refractivity contribution >= 4 is 23.7 Å². The van der Waals surface area contributed by atoms with Gasteiger partial charge in [0.2, 0.25) is 0 Å². The first-order chi connectivity index (χ1) is 20.3. The van der Waals surface area contributed by atoms with Crippen molar-refractivity contribution in [3.63, 3.8) is 0 Å². The van der Waals surface area contributed by atoms with Crippen molar-refractivity contribution in [3.8, 4) is 0 Å². The van der Waals surface area contributed by atoms with Gasteiger partial charge in [-0.2, -0.15) is 0 Å². The molecule has 0 amide bonds. The zero-order valence-electron chi connectivity index (χ0n) is 23.6. The van der Waals surface area contributed by atoms with Crippen molar-refractivity contribution in [1.82, 2.24) is 14.9 Å². The fourth-order valence-electron chi connectivity index (χ4n) is 4.69. The Bertz CT molecular complexity index is 1520. The van der Waals surface area contributed by atoms with E-state index in [2.05, 4.69) is 10.3 Å². The Morgan fingerprint density at radius 1 is 1.05 bits per heavy atom. The summed E-state index contributed by atoms with van der Waals surface area (Å²) in [5.74, 6) is -2.27. The number of carbonyl (C=O) groups excluding carboxylic acids is 2. The lowest BCUT2D eigenvalue weighted by molar-refractivity contribution is -0.384. The Morgan fingerprint density at radius 2 is 1.76 bits per heavy atom. The lowest BCUT2D eigenvalue weighted by atomic mass is 9.80. The molecule has 11 heteroatoms. The van der Waals surface area contributed by atoms with Crippen molar-refractivity contribution in [2.24, 2.45) is 0 Å². The van der Waals surface area contributed by atoms with Gasteiger partial charge in [0.05, 0.1) is 34.9 Å². The fraction of sp³-hybridized carbons (Fsp3) is 0.258. The van der Waals surface area contributed by atoms with Crippen LogP contribution in [0.4, 0.5) is 5.69 Å². The van der Waals surface area contributed by atoms with Gasteiger partial charge in [-0.1, -0.05) is 42.5 Å². The highest BCUT2D eigenvalue weighted by Gasteiger charge is 2.38. The highest BCUT2D eigenvalue weighted by Crippen LogP contribution is 2.40. The van der Waals surface area contributed by atoms with Crippen LogP contribution in [0, 0.1) is 10.1 Å². The number of nitro groups is 1. The van der Waals surface area contributed by atoms with E-state index < -0.39 is 22.8 Å². The average Bonchev–Trinajstić information content (AvgIpc) is 3.49. The predicted molar refractivity (Wildman–Crippen MR) is 155 cm³/mol. The number of methoxy groups -OCH3 is 1. The smallest absolute Gasteiger partial charge is 0.337 e. The lowest BCUT2D eigenvalue weighted by Gasteiger charge is -2.30. The third kappa shape index (κ3) is 7.38. The SMILES string of the molecule is COCCOC(=O)C1=C(C)NC(C)=C(C(=O)OCC=Cc2ccc(Cn3ccnc3)cc2)C1c1cccc([N+](=O)[O-])c1. The van der Waals surface area contributed by atoms with Gasteiger partial charge in [-0.05, 0) is 36.6 Å². The van der Waals surface area contributed by atoms with Gasteiger partial charge in [0.25, 0.3) is 5.69 Å².